The quantitative estimate of drug-likeness (QED) is 0.493. The third kappa shape index (κ3) is 3.94. The monoisotopic (exact) mass is 392 g/mol. The Hall–Kier alpha value is -3.74. The topological polar surface area (TPSA) is 81.5 Å². The zero-order valence-electron chi connectivity index (χ0n) is 15.3. The van der Waals surface area contributed by atoms with Crippen LogP contribution in [0.15, 0.2) is 66.7 Å². The lowest BCUT2D eigenvalue weighted by atomic mass is 9.89. The van der Waals surface area contributed by atoms with Gasteiger partial charge in [0.15, 0.2) is 5.78 Å². The highest BCUT2D eigenvalue weighted by molar-refractivity contribution is 6.01. The second-order valence-corrected chi connectivity index (χ2v) is 6.80. The molecule has 1 N–H and O–H groups in total. The number of rotatable bonds is 5. The third-order valence-corrected chi connectivity index (χ3v) is 4.86. The number of carbonyl (C=O) groups is 1. The molecule has 1 unspecified atom stereocenters. The highest BCUT2D eigenvalue weighted by Crippen LogP contribution is 2.31. The Bertz CT molecular complexity index is 1080. The van der Waals surface area contributed by atoms with Crippen LogP contribution in [0.2, 0.25) is 0 Å². The zero-order chi connectivity index (χ0) is 20.4. The van der Waals surface area contributed by atoms with Crippen LogP contribution in [0.3, 0.4) is 0 Å². The molecule has 0 saturated carbocycles. The smallest absolute Gasteiger partial charge is 0.269 e. The summed E-state index contributed by atoms with van der Waals surface area (Å²) in [6.45, 7) is 0.226. The molecule has 1 aliphatic heterocycles. The number of nitro benzene ring substituents is 1. The molecule has 1 aliphatic rings. The molecule has 1 heterocycles. The van der Waals surface area contributed by atoms with Crippen molar-refractivity contribution >= 4 is 22.8 Å². The predicted molar refractivity (Wildman–Crippen MR) is 106 cm³/mol. The molecule has 0 bridgehead atoms. The fourth-order valence-electron chi connectivity index (χ4n) is 3.37. The largest absolute Gasteiger partial charge is 0.492 e. The lowest BCUT2D eigenvalue weighted by Gasteiger charge is -2.25. The van der Waals surface area contributed by atoms with E-state index < -0.39 is 16.7 Å². The predicted octanol–water partition coefficient (Wildman–Crippen LogP) is 4.91. The Balaban J connectivity index is 1.54. The highest BCUT2D eigenvalue weighted by Gasteiger charge is 2.29. The molecule has 3 aromatic carbocycles. The van der Waals surface area contributed by atoms with E-state index in [4.69, 9.17) is 4.74 Å². The maximum Gasteiger partial charge on any atom is 0.269 e. The minimum Gasteiger partial charge on any atom is -0.492 e. The molecule has 0 aliphatic carbocycles. The summed E-state index contributed by atoms with van der Waals surface area (Å²) in [6, 6.07) is 17.6. The van der Waals surface area contributed by atoms with Crippen molar-refractivity contribution in [1.29, 1.82) is 0 Å². The maximum absolute atomic E-state index is 13.5. The molecule has 7 heteroatoms. The van der Waals surface area contributed by atoms with Crippen LogP contribution in [0.4, 0.5) is 21.5 Å². The van der Waals surface area contributed by atoms with Crippen LogP contribution in [-0.2, 0) is 6.42 Å². The Labute approximate surface area is 166 Å². The average Bonchev–Trinajstić information content (AvgIpc) is 2.72. The van der Waals surface area contributed by atoms with E-state index in [-0.39, 0.29) is 23.6 Å². The summed E-state index contributed by atoms with van der Waals surface area (Å²) in [7, 11) is 0. The molecule has 146 valence electrons. The van der Waals surface area contributed by atoms with E-state index >= 15 is 0 Å². The van der Waals surface area contributed by atoms with Crippen LogP contribution in [-0.4, -0.2) is 17.3 Å². The standard InChI is InChI=1S/C22H17FN2O4/c23-16-5-10-21-19(12-16)22(26)15(13-29-21)11-14-3-1-2-4-20(14)24-17-6-8-18(9-7-17)25(27)28/h1-10,12,15,24H,11,13H2. The molecule has 0 aromatic heterocycles. The lowest BCUT2D eigenvalue weighted by Crippen LogP contribution is -2.29. The Morgan fingerprint density at radius 3 is 2.62 bits per heavy atom. The SMILES string of the molecule is O=C1c2cc(F)ccc2OCC1Cc1ccccc1Nc1ccc([N+](=O)[O-])cc1. The van der Waals surface area contributed by atoms with Gasteiger partial charge >= 0.3 is 0 Å². The number of nitrogens with one attached hydrogen (secondary N) is 1. The number of ketones is 1. The van der Waals surface area contributed by atoms with Gasteiger partial charge in [0.1, 0.15) is 11.6 Å². The summed E-state index contributed by atoms with van der Waals surface area (Å²) in [5.41, 5.74) is 2.66. The number of nitrogens with zero attached hydrogens (tertiary/aromatic N) is 1. The van der Waals surface area contributed by atoms with Crippen molar-refractivity contribution in [2.24, 2.45) is 5.92 Å². The number of benzene rings is 3. The maximum atomic E-state index is 13.5. The molecule has 0 radical (unpaired) electrons. The van der Waals surface area contributed by atoms with Crippen molar-refractivity contribution in [3.8, 4) is 5.75 Å². The van der Waals surface area contributed by atoms with Crippen LogP contribution < -0.4 is 10.1 Å². The summed E-state index contributed by atoms with van der Waals surface area (Å²) >= 11 is 0. The number of fused-ring (bicyclic) bond motifs is 1. The van der Waals surface area contributed by atoms with E-state index in [1.165, 1.54) is 30.3 Å². The van der Waals surface area contributed by atoms with E-state index in [1.54, 1.807) is 12.1 Å². The summed E-state index contributed by atoms with van der Waals surface area (Å²) in [5, 5.41) is 14.0. The number of Topliss-reactive ketones (excluding diaryl/α,β-unsaturated/α-hetero) is 1. The zero-order valence-corrected chi connectivity index (χ0v) is 15.3. The summed E-state index contributed by atoms with van der Waals surface area (Å²) < 4.78 is 19.2. The normalized spacial score (nSPS) is 15.3. The number of nitro groups is 1. The first-order chi connectivity index (χ1) is 14.0. The minimum atomic E-state index is -0.471. The minimum absolute atomic E-state index is 0.0136. The third-order valence-electron chi connectivity index (χ3n) is 4.86. The number of para-hydroxylation sites is 1. The van der Waals surface area contributed by atoms with Gasteiger partial charge in [-0.2, -0.15) is 0 Å². The van der Waals surface area contributed by atoms with Gasteiger partial charge in [0, 0.05) is 23.5 Å². The van der Waals surface area contributed by atoms with Crippen molar-refractivity contribution in [3.63, 3.8) is 0 Å². The Morgan fingerprint density at radius 1 is 1.10 bits per heavy atom. The molecule has 0 amide bonds. The lowest BCUT2D eigenvalue weighted by molar-refractivity contribution is -0.384. The molecule has 0 saturated heterocycles. The second kappa shape index (κ2) is 7.71. The number of halogens is 1. The van der Waals surface area contributed by atoms with Crippen molar-refractivity contribution in [2.45, 2.75) is 6.42 Å². The number of carbonyl (C=O) groups excluding carboxylic acids is 1. The van der Waals surface area contributed by atoms with E-state index in [2.05, 4.69) is 5.32 Å². The summed E-state index contributed by atoms with van der Waals surface area (Å²) in [6.07, 6.45) is 0.422. The fraction of sp³-hybridized carbons (Fsp3) is 0.136. The Kier molecular flexibility index (Phi) is 4.95. The van der Waals surface area contributed by atoms with Gasteiger partial charge < -0.3 is 10.1 Å². The van der Waals surface area contributed by atoms with Crippen molar-refractivity contribution < 1.29 is 18.8 Å². The van der Waals surface area contributed by atoms with Crippen molar-refractivity contribution in [1.82, 2.24) is 0 Å². The first kappa shape index (κ1) is 18.6. The van der Waals surface area contributed by atoms with Crippen LogP contribution in [0.1, 0.15) is 15.9 Å². The van der Waals surface area contributed by atoms with Gasteiger partial charge in [0.25, 0.3) is 5.69 Å². The number of hydrogen-bond acceptors (Lipinski definition) is 5. The van der Waals surface area contributed by atoms with Crippen LogP contribution in [0.5, 0.6) is 5.75 Å². The van der Waals surface area contributed by atoms with E-state index in [1.807, 2.05) is 24.3 Å². The van der Waals surface area contributed by atoms with Crippen LogP contribution in [0.25, 0.3) is 0 Å². The van der Waals surface area contributed by atoms with Crippen LogP contribution >= 0.6 is 0 Å². The van der Waals surface area contributed by atoms with Gasteiger partial charge in [-0.25, -0.2) is 4.39 Å². The average molecular weight is 392 g/mol. The molecule has 1 atom stereocenters. The summed E-state index contributed by atoms with van der Waals surface area (Å²) in [4.78, 5) is 23.2. The van der Waals surface area contributed by atoms with E-state index in [0.717, 1.165) is 11.3 Å². The van der Waals surface area contributed by atoms with E-state index in [0.29, 0.717) is 17.9 Å². The van der Waals surface area contributed by atoms with Gasteiger partial charge in [0.05, 0.1) is 23.0 Å². The number of ether oxygens (including phenoxy) is 1. The second-order valence-electron chi connectivity index (χ2n) is 6.80. The number of hydrogen-bond donors (Lipinski definition) is 1. The first-order valence-corrected chi connectivity index (χ1v) is 9.07. The van der Waals surface area contributed by atoms with Gasteiger partial charge in [-0.05, 0) is 48.4 Å². The van der Waals surface area contributed by atoms with Crippen molar-refractivity contribution in [2.75, 3.05) is 11.9 Å². The number of non-ortho nitro benzene ring substituents is 1. The first-order valence-electron chi connectivity index (χ1n) is 9.07. The molecule has 0 fully saturated rings. The molecule has 6 nitrogen and oxygen atoms in total. The molecule has 3 aromatic rings. The van der Waals surface area contributed by atoms with Gasteiger partial charge in [-0.1, -0.05) is 18.2 Å². The fourth-order valence-corrected chi connectivity index (χ4v) is 3.37. The van der Waals surface area contributed by atoms with Crippen LogP contribution in [0, 0.1) is 21.8 Å². The van der Waals surface area contributed by atoms with Crippen molar-refractivity contribution in [3.05, 3.63) is 93.8 Å². The molecular formula is C22H17FN2O4. The molecular weight excluding hydrogens is 375 g/mol. The molecule has 0 spiro atoms. The van der Waals surface area contributed by atoms with Gasteiger partial charge in [-0.3, -0.25) is 14.9 Å². The molecule has 4 rings (SSSR count). The summed E-state index contributed by atoms with van der Waals surface area (Å²) in [5.74, 6) is -0.633. The molecule has 29 heavy (non-hydrogen) atoms. The van der Waals surface area contributed by atoms with E-state index in [9.17, 15) is 19.3 Å². The number of anilines is 2. The highest BCUT2D eigenvalue weighted by atomic mass is 19.1. The van der Waals surface area contributed by atoms with Gasteiger partial charge in [-0.15, -0.1) is 0 Å². The van der Waals surface area contributed by atoms with Gasteiger partial charge in [0.2, 0.25) is 0 Å². The Morgan fingerprint density at radius 2 is 1.86 bits per heavy atom.